The van der Waals surface area contributed by atoms with Crippen molar-refractivity contribution < 1.29 is 23.5 Å². The highest BCUT2D eigenvalue weighted by Gasteiger charge is 2.36. The Kier molecular flexibility index (Phi) is 5.73. The van der Waals surface area contributed by atoms with E-state index < -0.39 is 30.2 Å². The number of ether oxygens (including phenoxy) is 1. The van der Waals surface area contributed by atoms with Gasteiger partial charge in [0, 0.05) is 24.3 Å². The molecule has 0 spiro atoms. The van der Waals surface area contributed by atoms with Gasteiger partial charge in [-0.2, -0.15) is 0 Å². The number of carbonyl (C=O) groups excluding carboxylic acids is 3. The topological polar surface area (TPSA) is 75.7 Å². The molecule has 0 aromatic heterocycles. The Morgan fingerprint density at radius 2 is 1.79 bits per heavy atom. The predicted molar refractivity (Wildman–Crippen MR) is 102 cm³/mol. The smallest absolute Gasteiger partial charge is 0.311 e. The lowest BCUT2D eigenvalue weighted by atomic mass is 10.1. The number of halogens is 1. The number of aryl methyl sites for hydroxylation is 2. The summed E-state index contributed by atoms with van der Waals surface area (Å²) in [6.07, 6.45) is -0.00523. The molecule has 7 heteroatoms. The van der Waals surface area contributed by atoms with Gasteiger partial charge >= 0.3 is 5.97 Å². The van der Waals surface area contributed by atoms with E-state index in [2.05, 4.69) is 5.32 Å². The third-order valence-corrected chi connectivity index (χ3v) is 4.69. The molecule has 6 nitrogen and oxygen atoms in total. The van der Waals surface area contributed by atoms with E-state index >= 15 is 0 Å². The molecule has 146 valence electrons. The summed E-state index contributed by atoms with van der Waals surface area (Å²) < 4.78 is 18.1. The first-order chi connectivity index (χ1) is 13.3. The standard InChI is InChI=1S/C21H21FN2O4/c1-13-4-3-5-14(2)20(13)23-18(25)12-28-21(27)15-10-19(26)24(11-15)17-8-6-16(22)7-9-17/h3-9,15H,10-12H2,1-2H3,(H,23,25)/t15-/m0/s1. The Bertz CT molecular complexity index is 891. The first kappa shape index (κ1) is 19.5. The molecule has 2 aromatic carbocycles. The summed E-state index contributed by atoms with van der Waals surface area (Å²) in [6, 6.07) is 11.1. The monoisotopic (exact) mass is 384 g/mol. The molecule has 0 saturated carbocycles. The van der Waals surface area contributed by atoms with Gasteiger partial charge in [-0.1, -0.05) is 18.2 Å². The highest BCUT2D eigenvalue weighted by atomic mass is 19.1. The van der Waals surface area contributed by atoms with Crippen LogP contribution in [0.1, 0.15) is 17.5 Å². The zero-order valence-corrected chi connectivity index (χ0v) is 15.7. The van der Waals surface area contributed by atoms with Gasteiger partial charge in [0.25, 0.3) is 5.91 Å². The number of carbonyl (C=O) groups is 3. The molecule has 1 heterocycles. The fraction of sp³-hybridized carbons (Fsp3) is 0.286. The van der Waals surface area contributed by atoms with Crippen molar-refractivity contribution in [3.8, 4) is 0 Å². The second-order valence-electron chi connectivity index (χ2n) is 6.80. The number of esters is 1. The van der Waals surface area contributed by atoms with Crippen LogP contribution in [0.5, 0.6) is 0 Å². The Morgan fingerprint density at radius 3 is 2.43 bits per heavy atom. The summed E-state index contributed by atoms with van der Waals surface area (Å²) in [5, 5.41) is 2.74. The van der Waals surface area contributed by atoms with E-state index in [0.717, 1.165) is 11.1 Å². The molecule has 1 atom stereocenters. The Balaban J connectivity index is 1.54. The van der Waals surface area contributed by atoms with Crippen LogP contribution in [0.3, 0.4) is 0 Å². The number of rotatable bonds is 5. The lowest BCUT2D eigenvalue weighted by Crippen LogP contribution is -2.28. The van der Waals surface area contributed by atoms with Crippen molar-refractivity contribution >= 4 is 29.2 Å². The van der Waals surface area contributed by atoms with Gasteiger partial charge in [0.2, 0.25) is 5.91 Å². The first-order valence-electron chi connectivity index (χ1n) is 8.94. The van der Waals surface area contributed by atoms with Crippen LogP contribution in [0.25, 0.3) is 0 Å². The second kappa shape index (κ2) is 8.21. The quantitative estimate of drug-likeness (QED) is 0.804. The van der Waals surface area contributed by atoms with Crippen LogP contribution in [0.2, 0.25) is 0 Å². The lowest BCUT2D eigenvalue weighted by Gasteiger charge is -2.16. The average Bonchev–Trinajstić information content (AvgIpc) is 3.05. The SMILES string of the molecule is Cc1cccc(C)c1NC(=O)COC(=O)[C@H]1CC(=O)N(c2ccc(F)cc2)C1. The molecule has 0 unspecified atom stereocenters. The molecule has 1 saturated heterocycles. The van der Waals surface area contributed by atoms with Crippen molar-refractivity contribution in [3.63, 3.8) is 0 Å². The van der Waals surface area contributed by atoms with E-state index in [1.165, 1.54) is 29.2 Å². The highest BCUT2D eigenvalue weighted by Crippen LogP contribution is 2.26. The number of amides is 2. The van der Waals surface area contributed by atoms with Crippen molar-refractivity contribution in [2.75, 3.05) is 23.4 Å². The van der Waals surface area contributed by atoms with Crippen LogP contribution in [0, 0.1) is 25.6 Å². The molecule has 2 aromatic rings. The number of para-hydroxylation sites is 1. The van der Waals surface area contributed by atoms with Gasteiger partial charge in [-0.3, -0.25) is 14.4 Å². The van der Waals surface area contributed by atoms with Crippen molar-refractivity contribution in [1.29, 1.82) is 0 Å². The van der Waals surface area contributed by atoms with E-state index in [1.807, 2.05) is 32.0 Å². The minimum Gasteiger partial charge on any atom is -0.455 e. The van der Waals surface area contributed by atoms with Crippen molar-refractivity contribution in [2.45, 2.75) is 20.3 Å². The molecule has 1 aliphatic heterocycles. The van der Waals surface area contributed by atoms with E-state index in [-0.39, 0.29) is 18.9 Å². The largest absolute Gasteiger partial charge is 0.455 e. The van der Waals surface area contributed by atoms with Crippen LogP contribution >= 0.6 is 0 Å². The number of hydrogen-bond donors (Lipinski definition) is 1. The van der Waals surface area contributed by atoms with Gasteiger partial charge in [-0.05, 0) is 49.2 Å². The van der Waals surface area contributed by atoms with Crippen molar-refractivity contribution in [3.05, 3.63) is 59.4 Å². The van der Waals surface area contributed by atoms with Crippen LogP contribution in [-0.4, -0.2) is 30.9 Å². The molecule has 1 N–H and O–H groups in total. The molecular formula is C21H21FN2O4. The lowest BCUT2D eigenvalue weighted by molar-refractivity contribution is -0.151. The van der Waals surface area contributed by atoms with Crippen LogP contribution < -0.4 is 10.2 Å². The summed E-state index contributed by atoms with van der Waals surface area (Å²) in [6.45, 7) is 3.47. The third-order valence-electron chi connectivity index (χ3n) is 4.69. The molecule has 2 amide bonds. The molecule has 0 aliphatic carbocycles. The molecular weight excluding hydrogens is 363 g/mol. The van der Waals surface area contributed by atoms with E-state index in [9.17, 15) is 18.8 Å². The number of hydrogen-bond acceptors (Lipinski definition) is 4. The van der Waals surface area contributed by atoms with Crippen molar-refractivity contribution in [1.82, 2.24) is 0 Å². The fourth-order valence-electron chi connectivity index (χ4n) is 3.18. The van der Waals surface area contributed by atoms with E-state index in [1.54, 1.807) is 0 Å². The van der Waals surface area contributed by atoms with Crippen LogP contribution in [0.4, 0.5) is 15.8 Å². The Labute approximate surface area is 162 Å². The average molecular weight is 384 g/mol. The predicted octanol–water partition coefficient (Wildman–Crippen LogP) is 2.98. The zero-order chi connectivity index (χ0) is 20.3. The van der Waals surface area contributed by atoms with Crippen LogP contribution in [0.15, 0.2) is 42.5 Å². The van der Waals surface area contributed by atoms with Crippen LogP contribution in [-0.2, 0) is 19.1 Å². The van der Waals surface area contributed by atoms with Crippen molar-refractivity contribution in [2.24, 2.45) is 5.92 Å². The summed E-state index contributed by atoms with van der Waals surface area (Å²) in [5.74, 6) is -2.35. The normalized spacial score (nSPS) is 16.2. The molecule has 1 fully saturated rings. The molecule has 0 bridgehead atoms. The maximum atomic E-state index is 13.0. The Morgan fingerprint density at radius 1 is 1.14 bits per heavy atom. The number of nitrogens with zero attached hydrogens (tertiary/aromatic N) is 1. The number of benzene rings is 2. The van der Waals surface area contributed by atoms with Gasteiger partial charge in [-0.15, -0.1) is 0 Å². The maximum absolute atomic E-state index is 13.0. The van der Waals surface area contributed by atoms with E-state index in [0.29, 0.717) is 11.4 Å². The number of anilines is 2. The number of nitrogens with one attached hydrogen (secondary N) is 1. The molecule has 28 heavy (non-hydrogen) atoms. The third kappa shape index (κ3) is 4.36. The second-order valence-corrected chi connectivity index (χ2v) is 6.80. The van der Waals surface area contributed by atoms with Gasteiger partial charge in [0.15, 0.2) is 6.61 Å². The van der Waals surface area contributed by atoms with Gasteiger partial charge in [0.1, 0.15) is 5.82 Å². The summed E-state index contributed by atoms with van der Waals surface area (Å²) in [7, 11) is 0. The molecule has 1 aliphatic rings. The molecule has 0 radical (unpaired) electrons. The fourth-order valence-corrected chi connectivity index (χ4v) is 3.18. The highest BCUT2D eigenvalue weighted by molar-refractivity contribution is 6.00. The zero-order valence-electron chi connectivity index (χ0n) is 15.7. The molecule has 3 rings (SSSR count). The summed E-state index contributed by atoms with van der Waals surface area (Å²) in [4.78, 5) is 38.0. The summed E-state index contributed by atoms with van der Waals surface area (Å²) in [5.41, 5.74) is 3.04. The van der Waals surface area contributed by atoms with Gasteiger partial charge < -0.3 is 15.0 Å². The van der Waals surface area contributed by atoms with Gasteiger partial charge in [0.05, 0.1) is 5.92 Å². The first-order valence-corrected chi connectivity index (χ1v) is 8.94. The van der Waals surface area contributed by atoms with E-state index in [4.69, 9.17) is 4.74 Å². The Hall–Kier alpha value is -3.22. The van der Waals surface area contributed by atoms with Gasteiger partial charge in [-0.25, -0.2) is 4.39 Å². The summed E-state index contributed by atoms with van der Waals surface area (Å²) >= 11 is 0. The minimum absolute atomic E-state index is 0.00523. The maximum Gasteiger partial charge on any atom is 0.311 e. The minimum atomic E-state index is -0.662.